The molecule has 1 aliphatic rings. The maximum atomic E-state index is 5.95. The molecule has 1 aliphatic heterocycles. The smallest absolute Gasteiger partial charge is 0.125 e. The highest BCUT2D eigenvalue weighted by atomic mass is 31.1. The minimum absolute atomic E-state index is 0.314. The highest BCUT2D eigenvalue weighted by Gasteiger charge is 2.14. The van der Waals surface area contributed by atoms with E-state index < -0.39 is 0 Å². The third kappa shape index (κ3) is 2.98. The molecular weight excluding hydrogens is 215 g/mol. The molecule has 2 rings (SSSR count). The van der Waals surface area contributed by atoms with Gasteiger partial charge in [-0.05, 0) is 50.1 Å². The number of ether oxygens (including phenoxy) is 1. The zero-order valence-electron chi connectivity index (χ0n) is 10.3. The van der Waals surface area contributed by atoms with Gasteiger partial charge in [0.25, 0.3) is 0 Å². The lowest BCUT2D eigenvalue weighted by Crippen LogP contribution is -2.04. The molecule has 0 spiro atoms. The first kappa shape index (κ1) is 11.9. The molecule has 1 saturated heterocycles. The Bertz CT molecular complexity index is 322. The molecule has 88 valence electrons. The van der Waals surface area contributed by atoms with Crippen molar-refractivity contribution < 1.29 is 4.74 Å². The van der Waals surface area contributed by atoms with Crippen LogP contribution in [0.4, 0.5) is 0 Å². The number of hydrogen-bond donors (Lipinski definition) is 0. The average Bonchev–Trinajstić information content (AvgIpc) is 2.75. The van der Waals surface area contributed by atoms with Crippen LogP contribution in [-0.2, 0) is 0 Å². The maximum Gasteiger partial charge on any atom is 0.125 e. The van der Waals surface area contributed by atoms with Crippen LogP contribution in [0.2, 0.25) is 0 Å². The second-order valence-electron chi connectivity index (χ2n) is 4.62. The summed E-state index contributed by atoms with van der Waals surface area (Å²) in [6, 6.07) is 6.35. The first-order valence-corrected chi connectivity index (χ1v) is 8.08. The fraction of sp³-hybridized carbons (Fsp3) is 0.571. The minimum Gasteiger partial charge on any atom is -0.493 e. The van der Waals surface area contributed by atoms with E-state index in [-0.39, 0.29) is 0 Å². The van der Waals surface area contributed by atoms with Gasteiger partial charge in [-0.3, -0.25) is 0 Å². The predicted octanol–water partition coefficient (Wildman–Crippen LogP) is 3.96. The summed E-state index contributed by atoms with van der Waals surface area (Å²) in [6.07, 6.45) is 7.16. The van der Waals surface area contributed by atoms with Gasteiger partial charge in [-0.25, -0.2) is 0 Å². The van der Waals surface area contributed by atoms with Gasteiger partial charge in [0, 0.05) is 6.16 Å². The van der Waals surface area contributed by atoms with Crippen molar-refractivity contribution in [2.45, 2.75) is 26.7 Å². The maximum absolute atomic E-state index is 5.95. The molecule has 1 aromatic rings. The van der Waals surface area contributed by atoms with E-state index in [1.807, 2.05) is 0 Å². The van der Waals surface area contributed by atoms with Gasteiger partial charge in [0.15, 0.2) is 0 Å². The van der Waals surface area contributed by atoms with Crippen LogP contribution in [0.5, 0.6) is 5.75 Å². The zero-order valence-corrected chi connectivity index (χ0v) is 11.2. The van der Waals surface area contributed by atoms with E-state index in [2.05, 4.69) is 32.0 Å². The molecule has 0 amide bonds. The Morgan fingerprint density at radius 1 is 1.12 bits per heavy atom. The van der Waals surface area contributed by atoms with Crippen molar-refractivity contribution in [2.24, 2.45) is 0 Å². The van der Waals surface area contributed by atoms with Crippen molar-refractivity contribution in [3.63, 3.8) is 0 Å². The summed E-state index contributed by atoms with van der Waals surface area (Å²) in [7, 11) is 0.314. The van der Waals surface area contributed by atoms with E-state index in [0.29, 0.717) is 7.92 Å². The lowest BCUT2D eigenvalue weighted by Gasteiger charge is -2.14. The molecule has 0 bridgehead atoms. The predicted molar refractivity (Wildman–Crippen MR) is 72.2 cm³/mol. The summed E-state index contributed by atoms with van der Waals surface area (Å²) >= 11 is 0. The molecular formula is C14H21OP. The van der Waals surface area contributed by atoms with E-state index in [1.165, 1.54) is 42.5 Å². The Morgan fingerprint density at radius 3 is 2.38 bits per heavy atom. The van der Waals surface area contributed by atoms with Crippen LogP contribution in [0.3, 0.4) is 0 Å². The molecule has 0 saturated carbocycles. The Hall–Kier alpha value is -0.550. The molecule has 1 fully saturated rings. The number of aryl methyl sites for hydroxylation is 2. The van der Waals surface area contributed by atoms with E-state index in [1.54, 1.807) is 0 Å². The van der Waals surface area contributed by atoms with Crippen molar-refractivity contribution >= 4 is 7.92 Å². The van der Waals surface area contributed by atoms with Crippen LogP contribution < -0.4 is 4.74 Å². The van der Waals surface area contributed by atoms with Crippen molar-refractivity contribution in [2.75, 3.05) is 25.1 Å². The summed E-state index contributed by atoms with van der Waals surface area (Å²) in [4.78, 5) is 0. The standard InChI is InChI=1S/C14H21OP/c1-12-6-5-7-13(2)14(12)15-8-11-16-9-3-4-10-16/h5-7H,3-4,8-11H2,1-2H3. The Morgan fingerprint density at radius 2 is 1.75 bits per heavy atom. The number of para-hydroxylation sites is 1. The van der Waals surface area contributed by atoms with Crippen molar-refractivity contribution in [1.29, 1.82) is 0 Å². The van der Waals surface area contributed by atoms with Crippen LogP contribution in [0.25, 0.3) is 0 Å². The monoisotopic (exact) mass is 236 g/mol. The highest BCUT2D eigenvalue weighted by molar-refractivity contribution is 7.57. The number of hydrogen-bond acceptors (Lipinski definition) is 1. The van der Waals surface area contributed by atoms with Gasteiger partial charge in [-0.2, -0.15) is 0 Å². The van der Waals surface area contributed by atoms with Gasteiger partial charge in [0.05, 0.1) is 6.61 Å². The lowest BCUT2D eigenvalue weighted by molar-refractivity contribution is 0.338. The van der Waals surface area contributed by atoms with Crippen molar-refractivity contribution in [1.82, 2.24) is 0 Å². The summed E-state index contributed by atoms with van der Waals surface area (Å²) in [6.45, 7) is 5.17. The molecule has 2 heteroatoms. The van der Waals surface area contributed by atoms with E-state index in [0.717, 1.165) is 12.4 Å². The first-order chi connectivity index (χ1) is 7.77. The minimum atomic E-state index is 0.314. The fourth-order valence-electron chi connectivity index (χ4n) is 2.31. The summed E-state index contributed by atoms with van der Waals surface area (Å²) in [5.74, 6) is 1.11. The average molecular weight is 236 g/mol. The Balaban J connectivity index is 1.84. The third-order valence-electron chi connectivity index (χ3n) is 3.26. The molecule has 1 aromatic carbocycles. The van der Waals surface area contributed by atoms with Crippen LogP contribution in [0.1, 0.15) is 24.0 Å². The second-order valence-corrected chi connectivity index (χ2v) is 7.30. The molecule has 1 nitrogen and oxygen atoms in total. The second kappa shape index (κ2) is 5.68. The molecule has 0 unspecified atom stereocenters. The summed E-state index contributed by atoms with van der Waals surface area (Å²) in [5, 5.41) is 0. The number of rotatable bonds is 4. The van der Waals surface area contributed by atoms with Gasteiger partial charge >= 0.3 is 0 Å². The molecule has 0 atom stereocenters. The first-order valence-electron chi connectivity index (χ1n) is 6.19. The molecule has 0 aromatic heterocycles. The van der Waals surface area contributed by atoms with E-state index in [9.17, 15) is 0 Å². The third-order valence-corrected chi connectivity index (χ3v) is 5.97. The molecule has 0 aliphatic carbocycles. The van der Waals surface area contributed by atoms with Gasteiger partial charge in [-0.15, -0.1) is 7.92 Å². The van der Waals surface area contributed by atoms with Crippen LogP contribution in [-0.4, -0.2) is 25.1 Å². The Kier molecular flexibility index (Phi) is 4.23. The van der Waals surface area contributed by atoms with E-state index >= 15 is 0 Å². The van der Waals surface area contributed by atoms with Crippen LogP contribution in [0, 0.1) is 13.8 Å². The lowest BCUT2D eigenvalue weighted by atomic mass is 10.1. The topological polar surface area (TPSA) is 9.23 Å². The molecule has 0 N–H and O–H groups in total. The van der Waals surface area contributed by atoms with E-state index in [4.69, 9.17) is 4.74 Å². The summed E-state index contributed by atoms with van der Waals surface area (Å²) in [5.41, 5.74) is 2.53. The van der Waals surface area contributed by atoms with Gasteiger partial charge < -0.3 is 4.74 Å². The number of benzene rings is 1. The van der Waals surface area contributed by atoms with Crippen molar-refractivity contribution in [3.8, 4) is 5.75 Å². The molecule has 16 heavy (non-hydrogen) atoms. The normalized spacial score (nSPS) is 16.6. The van der Waals surface area contributed by atoms with Gasteiger partial charge in [0.2, 0.25) is 0 Å². The van der Waals surface area contributed by atoms with Gasteiger partial charge in [0.1, 0.15) is 5.75 Å². The van der Waals surface area contributed by atoms with Gasteiger partial charge in [-0.1, -0.05) is 18.2 Å². The SMILES string of the molecule is Cc1cccc(C)c1OCCP1CCCC1. The molecule has 0 radical (unpaired) electrons. The van der Waals surface area contributed by atoms with Crippen LogP contribution >= 0.6 is 7.92 Å². The summed E-state index contributed by atoms with van der Waals surface area (Å²) < 4.78 is 5.95. The quantitative estimate of drug-likeness (QED) is 0.719. The zero-order chi connectivity index (χ0) is 11.4. The largest absolute Gasteiger partial charge is 0.493 e. The van der Waals surface area contributed by atoms with Crippen molar-refractivity contribution in [3.05, 3.63) is 29.3 Å². The highest BCUT2D eigenvalue weighted by Crippen LogP contribution is 2.42. The molecule has 1 heterocycles. The Labute approximate surface area is 100.0 Å². The fourth-order valence-corrected chi connectivity index (χ4v) is 4.67. The van der Waals surface area contributed by atoms with Crippen LogP contribution in [0.15, 0.2) is 18.2 Å².